The summed E-state index contributed by atoms with van der Waals surface area (Å²) in [7, 11) is 0. The first kappa shape index (κ1) is 22.4. The third kappa shape index (κ3) is 3.74. The molecule has 2 aliphatic carbocycles. The summed E-state index contributed by atoms with van der Waals surface area (Å²) in [6.45, 7) is 12.6. The minimum absolute atomic E-state index is 0.138. The van der Waals surface area contributed by atoms with Gasteiger partial charge in [-0.1, -0.05) is 78.3 Å². The number of carbonyl (C=O) groups excluding carboxylic acids is 1. The van der Waals surface area contributed by atoms with Crippen LogP contribution >= 0.6 is 0 Å². The first-order valence-corrected chi connectivity index (χ1v) is 11.1. The lowest BCUT2D eigenvalue weighted by Gasteiger charge is -2.44. The lowest BCUT2D eigenvalue weighted by atomic mass is 9.64. The highest BCUT2D eigenvalue weighted by Crippen LogP contribution is 2.66. The second kappa shape index (κ2) is 7.73. The van der Waals surface area contributed by atoms with E-state index in [4.69, 9.17) is 4.74 Å². The Morgan fingerprint density at radius 1 is 1.07 bits per heavy atom. The Morgan fingerprint density at radius 3 is 2.17 bits per heavy atom. The van der Waals surface area contributed by atoms with Crippen molar-refractivity contribution in [3.8, 4) is 12.1 Å². The van der Waals surface area contributed by atoms with E-state index in [1.165, 1.54) is 5.56 Å². The molecule has 0 radical (unpaired) electrons. The van der Waals surface area contributed by atoms with Gasteiger partial charge in [0, 0.05) is 11.8 Å². The van der Waals surface area contributed by atoms with Crippen molar-refractivity contribution in [3.05, 3.63) is 35.9 Å². The number of carbonyl (C=O) groups is 1. The lowest BCUT2D eigenvalue weighted by Crippen LogP contribution is -2.44. The standard InChI is InChI=1S/C26H34N2O2/c1-17-12-13-19(25(5,6)18-10-8-7-9-11-18)20(14-17)30-23(29)21-22(24(2,3)4)26(21,15-27)16-28/h7-11,17,19-22H,12-14H2,1-6H3/t17-,19-,20-,21+,22+/m1/s1. The predicted molar refractivity (Wildman–Crippen MR) is 116 cm³/mol. The van der Waals surface area contributed by atoms with Crippen LogP contribution in [0.5, 0.6) is 0 Å². The van der Waals surface area contributed by atoms with Crippen molar-refractivity contribution >= 4 is 5.97 Å². The van der Waals surface area contributed by atoms with Crippen LogP contribution in [-0.2, 0) is 14.9 Å². The van der Waals surface area contributed by atoms with Crippen LogP contribution < -0.4 is 0 Å². The van der Waals surface area contributed by atoms with E-state index in [1.54, 1.807) is 0 Å². The number of nitrogens with zero attached hydrogens (tertiary/aromatic N) is 2. The zero-order chi connectivity index (χ0) is 22.3. The molecule has 30 heavy (non-hydrogen) atoms. The van der Waals surface area contributed by atoms with Crippen molar-refractivity contribution < 1.29 is 9.53 Å². The van der Waals surface area contributed by atoms with Crippen molar-refractivity contribution in [2.45, 2.75) is 72.3 Å². The minimum Gasteiger partial charge on any atom is -0.462 e. The quantitative estimate of drug-likeness (QED) is 0.607. The normalized spacial score (nSPS) is 30.6. The lowest BCUT2D eigenvalue weighted by molar-refractivity contribution is -0.159. The van der Waals surface area contributed by atoms with E-state index in [-0.39, 0.29) is 34.7 Å². The summed E-state index contributed by atoms with van der Waals surface area (Å²) in [6, 6.07) is 14.7. The monoisotopic (exact) mass is 406 g/mol. The van der Waals surface area contributed by atoms with E-state index in [2.05, 4.69) is 57.2 Å². The fourth-order valence-corrected chi connectivity index (χ4v) is 5.78. The molecular formula is C26H34N2O2. The summed E-state index contributed by atoms with van der Waals surface area (Å²) < 4.78 is 6.15. The fraction of sp³-hybridized carbons (Fsp3) is 0.654. The summed E-state index contributed by atoms with van der Waals surface area (Å²) in [5.41, 5.74) is -0.466. The van der Waals surface area contributed by atoms with Crippen LogP contribution in [0.3, 0.4) is 0 Å². The van der Waals surface area contributed by atoms with Gasteiger partial charge in [0.15, 0.2) is 5.41 Å². The number of ether oxygens (including phenoxy) is 1. The summed E-state index contributed by atoms with van der Waals surface area (Å²) in [4.78, 5) is 13.3. The molecule has 5 atom stereocenters. The number of nitriles is 2. The summed E-state index contributed by atoms with van der Waals surface area (Å²) in [6.07, 6.45) is 2.73. The molecular weight excluding hydrogens is 372 g/mol. The molecule has 160 valence electrons. The molecule has 4 heteroatoms. The molecule has 0 N–H and O–H groups in total. The molecule has 0 aromatic heterocycles. The molecule has 3 rings (SSSR count). The molecule has 2 aliphatic rings. The summed E-state index contributed by atoms with van der Waals surface area (Å²) in [5.74, 6) is -0.643. The van der Waals surface area contributed by atoms with Crippen LogP contribution in [0.1, 0.15) is 66.4 Å². The first-order chi connectivity index (χ1) is 14.0. The topological polar surface area (TPSA) is 73.9 Å². The number of hydrogen-bond acceptors (Lipinski definition) is 4. The van der Waals surface area contributed by atoms with E-state index in [0.29, 0.717) is 5.92 Å². The van der Waals surface area contributed by atoms with Crippen LogP contribution in [0.25, 0.3) is 0 Å². The van der Waals surface area contributed by atoms with Gasteiger partial charge < -0.3 is 4.74 Å². The number of esters is 1. The Bertz CT molecular complexity index is 855. The molecule has 0 saturated heterocycles. The van der Waals surface area contributed by atoms with Crippen LogP contribution in [0.2, 0.25) is 0 Å². The maximum absolute atomic E-state index is 13.3. The average Bonchev–Trinajstić information content (AvgIpc) is 3.39. The van der Waals surface area contributed by atoms with E-state index < -0.39 is 11.3 Å². The van der Waals surface area contributed by atoms with Gasteiger partial charge in [-0.25, -0.2) is 0 Å². The molecule has 2 saturated carbocycles. The minimum atomic E-state index is -1.26. The highest BCUT2D eigenvalue weighted by atomic mass is 16.5. The number of benzene rings is 1. The van der Waals surface area contributed by atoms with Crippen LogP contribution in [-0.4, -0.2) is 12.1 Å². The molecule has 2 fully saturated rings. The maximum Gasteiger partial charge on any atom is 0.312 e. The fourth-order valence-electron chi connectivity index (χ4n) is 5.78. The van der Waals surface area contributed by atoms with Gasteiger partial charge in [0.25, 0.3) is 0 Å². The van der Waals surface area contributed by atoms with E-state index >= 15 is 0 Å². The zero-order valence-electron chi connectivity index (χ0n) is 19.1. The highest BCUT2D eigenvalue weighted by molar-refractivity contribution is 5.81. The molecule has 0 amide bonds. The second-order valence-corrected chi connectivity index (χ2v) is 11.0. The summed E-state index contributed by atoms with van der Waals surface area (Å²) >= 11 is 0. The van der Waals surface area contributed by atoms with Gasteiger partial charge in [-0.3, -0.25) is 4.79 Å². The molecule has 0 aliphatic heterocycles. The third-order valence-corrected chi connectivity index (χ3v) is 7.53. The second-order valence-electron chi connectivity index (χ2n) is 11.0. The molecule has 0 unspecified atom stereocenters. The van der Waals surface area contributed by atoms with Crippen molar-refractivity contribution in [1.29, 1.82) is 10.5 Å². The molecule has 1 aromatic rings. The van der Waals surface area contributed by atoms with E-state index in [0.717, 1.165) is 19.3 Å². The third-order valence-electron chi connectivity index (χ3n) is 7.53. The van der Waals surface area contributed by atoms with Gasteiger partial charge in [-0.15, -0.1) is 0 Å². The molecule has 0 spiro atoms. The molecule has 0 bridgehead atoms. The van der Waals surface area contributed by atoms with Crippen molar-refractivity contribution in [2.24, 2.45) is 34.5 Å². The van der Waals surface area contributed by atoms with E-state index in [1.807, 2.05) is 26.8 Å². The van der Waals surface area contributed by atoms with Crippen LogP contribution in [0.15, 0.2) is 30.3 Å². The maximum atomic E-state index is 13.3. The van der Waals surface area contributed by atoms with Gasteiger partial charge in [0.1, 0.15) is 6.10 Å². The summed E-state index contributed by atoms with van der Waals surface area (Å²) in [5, 5.41) is 19.4. The average molecular weight is 407 g/mol. The number of hydrogen-bond donors (Lipinski definition) is 0. The highest BCUT2D eigenvalue weighted by Gasteiger charge is 2.74. The molecule has 0 heterocycles. The van der Waals surface area contributed by atoms with Gasteiger partial charge in [-0.05, 0) is 35.2 Å². The van der Waals surface area contributed by atoms with E-state index in [9.17, 15) is 15.3 Å². The zero-order valence-corrected chi connectivity index (χ0v) is 19.1. The Morgan fingerprint density at radius 2 is 1.67 bits per heavy atom. The number of rotatable bonds is 4. The van der Waals surface area contributed by atoms with Gasteiger partial charge in [0.2, 0.25) is 0 Å². The first-order valence-electron chi connectivity index (χ1n) is 11.1. The van der Waals surface area contributed by atoms with Gasteiger partial charge in [0.05, 0.1) is 18.1 Å². The van der Waals surface area contributed by atoms with Crippen molar-refractivity contribution in [1.82, 2.24) is 0 Å². The largest absolute Gasteiger partial charge is 0.462 e. The molecule has 4 nitrogen and oxygen atoms in total. The SMILES string of the molecule is C[C@@H]1CC[C@@H](C(C)(C)c2ccccc2)[C@H](OC(=O)[C@@H]2[C@@H](C(C)(C)C)C2(C#N)C#N)C1. The van der Waals surface area contributed by atoms with Crippen molar-refractivity contribution in [2.75, 3.05) is 0 Å². The Labute approximate surface area is 181 Å². The Hall–Kier alpha value is -2.33. The van der Waals surface area contributed by atoms with Crippen LogP contribution in [0.4, 0.5) is 0 Å². The predicted octanol–water partition coefficient (Wildman–Crippen LogP) is 5.64. The van der Waals surface area contributed by atoms with Crippen molar-refractivity contribution in [3.63, 3.8) is 0 Å². The smallest absolute Gasteiger partial charge is 0.312 e. The Kier molecular flexibility index (Phi) is 5.76. The van der Waals surface area contributed by atoms with Crippen LogP contribution in [0, 0.1) is 57.2 Å². The van der Waals surface area contributed by atoms with Gasteiger partial charge in [-0.2, -0.15) is 10.5 Å². The Balaban J connectivity index is 1.85. The van der Waals surface area contributed by atoms with Gasteiger partial charge >= 0.3 is 5.97 Å². The molecule has 1 aromatic carbocycles.